The number of ketones is 1. The van der Waals surface area contributed by atoms with Gasteiger partial charge in [-0.25, -0.2) is 0 Å². The third-order valence-corrected chi connectivity index (χ3v) is 8.02. The van der Waals surface area contributed by atoms with Crippen LogP contribution in [-0.2, 0) is 14.3 Å². The topological polar surface area (TPSA) is 63.6 Å². The van der Waals surface area contributed by atoms with Gasteiger partial charge in [-0.05, 0) is 73.8 Å². The Morgan fingerprint density at radius 2 is 2.08 bits per heavy atom. The molecule has 7 atom stereocenters. The Balaban J connectivity index is 1.68. The Morgan fingerprint density at radius 1 is 1.31 bits per heavy atom. The molecule has 7 unspecified atom stereocenters. The number of terminal acetylenes is 1. The van der Waals surface area contributed by atoms with Gasteiger partial charge in [0.2, 0.25) is 0 Å². The first-order valence-electron chi connectivity index (χ1n) is 9.91. The average molecular weight is 356 g/mol. The van der Waals surface area contributed by atoms with Gasteiger partial charge >= 0.3 is 5.97 Å². The van der Waals surface area contributed by atoms with Gasteiger partial charge in [-0.1, -0.05) is 12.8 Å². The van der Waals surface area contributed by atoms with Crippen molar-refractivity contribution in [2.45, 2.75) is 70.5 Å². The van der Waals surface area contributed by atoms with Crippen molar-refractivity contribution >= 4 is 11.8 Å². The zero-order chi connectivity index (χ0) is 18.7. The normalized spacial score (nSPS) is 47.1. The summed E-state index contributed by atoms with van der Waals surface area (Å²) in [5, 5.41) is 10.8. The van der Waals surface area contributed by atoms with Crippen LogP contribution in [0.3, 0.4) is 0 Å². The van der Waals surface area contributed by atoms with Gasteiger partial charge in [0.1, 0.15) is 0 Å². The van der Waals surface area contributed by atoms with E-state index in [1.54, 1.807) is 6.08 Å². The third kappa shape index (κ3) is 2.33. The van der Waals surface area contributed by atoms with E-state index < -0.39 is 11.7 Å². The van der Waals surface area contributed by atoms with E-state index in [9.17, 15) is 14.7 Å². The molecule has 0 saturated heterocycles. The highest BCUT2D eigenvalue weighted by Gasteiger charge is 2.64. The first-order chi connectivity index (χ1) is 12.3. The molecular weight excluding hydrogens is 328 g/mol. The van der Waals surface area contributed by atoms with Crippen molar-refractivity contribution in [1.29, 1.82) is 0 Å². The maximum absolute atomic E-state index is 11.8. The second-order valence-electron chi connectivity index (χ2n) is 9.00. The quantitative estimate of drug-likeness (QED) is 0.579. The molecule has 0 aromatic heterocycles. The van der Waals surface area contributed by atoms with Crippen LogP contribution in [0.5, 0.6) is 0 Å². The van der Waals surface area contributed by atoms with Gasteiger partial charge in [-0.15, -0.1) is 6.42 Å². The molecule has 3 fully saturated rings. The Labute approximate surface area is 155 Å². The molecular formula is C22H28O4. The second kappa shape index (κ2) is 5.96. The number of hydrogen-bond acceptors (Lipinski definition) is 4. The van der Waals surface area contributed by atoms with Crippen LogP contribution in [0.4, 0.5) is 0 Å². The SMILES string of the molecule is C#CC1(OC(C)=O)CCC2C3CC(O)C4=CC(=O)CCC4C3CCC21C. The lowest BCUT2D eigenvalue weighted by Crippen LogP contribution is -2.55. The summed E-state index contributed by atoms with van der Waals surface area (Å²) in [5.74, 6) is 4.25. The van der Waals surface area contributed by atoms with Gasteiger partial charge in [0.15, 0.2) is 11.4 Å². The Hall–Kier alpha value is -1.60. The maximum Gasteiger partial charge on any atom is 0.304 e. The first kappa shape index (κ1) is 17.8. The van der Waals surface area contributed by atoms with Gasteiger partial charge in [0.05, 0.1) is 6.10 Å². The van der Waals surface area contributed by atoms with Crippen molar-refractivity contribution in [2.75, 3.05) is 0 Å². The molecule has 4 aliphatic carbocycles. The number of fused-ring (bicyclic) bond motifs is 5. The van der Waals surface area contributed by atoms with Crippen LogP contribution >= 0.6 is 0 Å². The molecule has 26 heavy (non-hydrogen) atoms. The number of carbonyl (C=O) groups is 2. The molecule has 0 aliphatic heterocycles. The summed E-state index contributed by atoms with van der Waals surface area (Å²) < 4.78 is 5.75. The molecule has 4 heteroatoms. The summed E-state index contributed by atoms with van der Waals surface area (Å²) in [4.78, 5) is 23.6. The number of rotatable bonds is 1. The molecule has 1 N–H and O–H groups in total. The summed E-state index contributed by atoms with van der Waals surface area (Å²) >= 11 is 0. The number of carbonyl (C=O) groups excluding carboxylic acids is 2. The van der Waals surface area contributed by atoms with Crippen molar-refractivity contribution in [3.8, 4) is 12.3 Å². The minimum absolute atomic E-state index is 0.150. The Bertz CT molecular complexity index is 716. The van der Waals surface area contributed by atoms with E-state index in [0.29, 0.717) is 42.9 Å². The van der Waals surface area contributed by atoms with Crippen LogP contribution in [0.2, 0.25) is 0 Å². The molecule has 0 aromatic carbocycles. The molecule has 4 nitrogen and oxygen atoms in total. The smallest absolute Gasteiger partial charge is 0.304 e. The summed E-state index contributed by atoms with van der Waals surface area (Å²) in [6.07, 6.45) is 12.8. The molecule has 0 spiro atoms. The average Bonchev–Trinajstić information content (AvgIpc) is 2.88. The lowest BCUT2D eigenvalue weighted by molar-refractivity contribution is -0.168. The zero-order valence-electron chi connectivity index (χ0n) is 15.7. The fourth-order valence-corrected chi connectivity index (χ4v) is 6.86. The molecule has 140 valence electrons. The maximum atomic E-state index is 11.8. The number of aliphatic hydroxyl groups excluding tert-OH is 1. The van der Waals surface area contributed by atoms with E-state index in [-0.39, 0.29) is 17.2 Å². The highest BCUT2D eigenvalue weighted by atomic mass is 16.6. The van der Waals surface area contributed by atoms with Gasteiger partial charge in [-0.3, -0.25) is 9.59 Å². The van der Waals surface area contributed by atoms with Crippen LogP contribution in [0.25, 0.3) is 0 Å². The van der Waals surface area contributed by atoms with Crippen LogP contribution in [0.15, 0.2) is 11.6 Å². The molecule has 4 aliphatic rings. The molecule has 3 saturated carbocycles. The number of esters is 1. The molecule has 0 radical (unpaired) electrons. The lowest BCUT2D eigenvalue weighted by Gasteiger charge is -2.56. The molecule has 0 heterocycles. The Morgan fingerprint density at radius 3 is 2.77 bits per heavy atom. The Kier molecular flexibility index (Phi) is 4.08. The fourth-order valence-electron chi connectivity index (χ4n) is 6.86. The summed E-state index contributed by atoms with van der Waals surface area (Å²) in [5.41, 5.74) is -0.0924. The van der Waals surface area contributed by atoms with Crippen molar-refractivity contribution < 1.29 is 19.4 Å². The van der Waals surface area contributed by atoms with Gasteiger partial charge < -0.3 is 9.84 Å². The van der Waals surface area contributed by atoms with E-state index >= 15 is 0 Å². The highest BCUT2D eigenvalue weighted by Crippen LogP contribution is 2.65. The monoisotopic (exact) mass is 356 g/mol. The van der Waals surface area contributed by atoms with Crippen LogP contribution in [0, 0.1) is 41.4 Å². The highest BCUT2D eigenvalue weighted by molar-refractivity contribution is 5.91. The number of hydrogen-bond donors (Lipinski definition) is 1. The standard InChI is InChI=1S/C22H28O4/c1-4-22(26-13(2)23)10-8-19-17-12-20(25)18-11-14(24)5-6-15(18)16(17)7-9-21(19,22)3/h1,11,15-17,19-20,25H,5-10,12H2,2-3H3. The zero-order valence-corrected chi connectivity index (χ0v) is 15.7. The van der Waals surface area contributed by atoms with E-state index in [0.717, 1.165) is 31.3 Å². The predicted octanol–water partition coefficient (Wildman–Crippen LogP) is 3.03. The summed E-state index contributed by atoms with van der Waals surface area (Å²) in [6.45, 7) is 3.62. The molecule has 0 amide bonds. The van der Waals surface area contributed by atoms with Crippen LogP contribution < -0.4 is 0 Å². The number of ether oxygens (including phenoxy) is 1. The molecule has 0 aromatic rings. The van der Waals surface area contributed by atoms with Crippen LogP contribution in [0.1, 0.15) is 58.8 Å². The van der Waals surface area contributed by atoms with E-state index in [1.165, 1.54) is 6.92 Å². The second-order valence-corrected chi connectivity index (χ2v) is 9.00. The summed E-state index contributed by atoms with van der Waals surface area (Å²) in [6, 6.07) is 0. The molecule has 4 rings (SSSR count). The van der Waals surface area contributed by atoms with E-state index in [1.807, 2.05) is 0 Å². The predicted molar refractivity (Wildman–Crippen MR) is 96.8 cm³/mol. The lowest BCUT2D eigenvalue weighted by atomic mass is 9.50. The van der Waals surface area contributed by atoms with Gasteiger partial charge in [0, 0.05) is 18.8 Å². The van der Waals surface area contributed by atoms with E-state index in [4.69, 9.17) is 11.2 Å². The molecule has 0 bridgehead atoms. The largest absolute Gasteiger partial charge is 0.445 e. The van der Waals surface area contributed by atoms with Gasteiger partial charge in [0.25, 0.3) is 0 Å². The van der Waals surface area contributed by atoms with Crippen molar-refractivity contribution in [1.82, 2.24) is 0 Å². The minimum Gasteiger partial charge on any atom is -0.445 e. The number of aliphatic hydroxyl groups is 1. The minimum atomic E-state index is -0.821. The van der Waals surface area contributed by atoms with Crippen molar-refractivity contribution in [3.63, 3.8) is 0 Å². The van der Waals surface area contributed by atoms with Crippen molar-refractivity contribution in [2.24, 2.45) is 29.1 Å². The first-order valence-corrected chi connectivity index (χ1v) is 9.91. The van der Waals surface area contributed by atoms with Gasteiger partial charge in [-0.2, -0.15) is 0 Å². The summed E-state index contributed by atoms with van der Waals surface area (Å²) in [7, 11) is 0. The third-order valence-electron chi connectivity index (χ3n) is 8.02. The van der Waals surface area contributed by atoms with Crippen molar-refractivity contribution in [3.05, 3.63) is 11.6 Å². The van der Waals surface area contributed by atoms with Crippen LogP contribution in [-0.4, -0.2) is 28.6 Å². The van der Waals surface area contributed by atoms with E-state index in [2.05, 4.69) is 12.8 Å². The fraction of sp³-hybridized carbons (Fsp3) is 0.727.